The lowest BCUT2D eigenvalue weighted by Crippen LogP contribution is -2.53. The van der Waals surface area contributed by atoms with Crippen LogP contribution in [0.1, 0.15) is 22.8 Å². The quantitative estimate of drug-likeness (QED) is 0.611. The minimum absolute atomic E-state index is 0.108. The number of para-hydroxylation sites is 1. The molecule has 6 nitrogen and oxygen atoms in total. The summed E-state index contributed by atoms with van der Waals surface area (Å²) in [5, 5.41) is 4.35. The van der Waals surface area contributed by atoms with Gasteiger partial charge in [-0.3, -0.25) is 19.5 Å². The molecule has 1 aliphatic rings. The van der Waals surface area contributed by atoms with E-state index in [1.165, 1.54) is 5.56 Å². The van der Waals surface area contributed by atoms with Gasteiger partial charge in [0, 0.05) is 44.3 Å². The van der Waals surface area contributed by atoms with E-state index in [0.29, 0.717) is 18.1 Å². The lowest BCUT2D eigenvalue weighted by Gasteiger charge is -2.36. The van der Waals surface area contributed by atoms with Gasteiger partial charge in [0.15, 0.2) is 0 Å². The number of fused-ring (bicyclic) bond motifs is 1. The van der Waals surface area contributed by atoms with Crippen molar-refractivity contribution in [1.29, 1.82) is 0 Å². The largest absolute Gasteiger partial charge is 0.340 e. The maximum atomic E-state index is 12.9. The summed E-state index contributed by atoms with van der Waals surface area (Å²) in [5.41, 5.74) is 2.46. The van der Waals surface area contributed by atoms with Crippen LogP contribution in [-0.4, -0.2) is 58.8 Å². The van der Waals surface area contributed by atoms with Gasteiger partial charge in [0.05, 0.1) is 21.1 Å². The highest BCUT2D eigenvalue weighted by Crippen LogP contribution is 2.25. The molecule has 1 saturated heterocycles. The second-order valence-electron chi connectivity index (χ2n) is 7.89. The van der Waals surface area contributed by atoms with Crippen LogP contribution in [0.25, 0.3) is 10.9 Å². The van der Waals surface area contributed by atoms with Crippen molar-refractivity contribution in [1.82, 2.24) is 20.1 Å². The van der Waals surface area contributed by atoms with Crippen LogP contribution in [0.15, 0.2) is 54.7 Å². The molecule has 2 amide bonds. The van der Waals surface area contributed by atoms with Crippen LogP contribution in [0.2, 0.25) is 10.0 Å². The molecule has 0 aliphatic carbocycles. The maximum absolute atomic E-state index is 12.9. The number of carbonyl (C=O) groups excluding carboxylic acids is 2. The Morgan fingerprint density at radius 2 is 1.75 bits per heavy atom. The van der Waals surface area contributed by atoms with E-state index in [1.54, 1.807) is 30.0 Å². The Morgan fingerprint density at radius 1 is 1.03 bits per heavy atom. The van der Waals surface area contributed by atoms with Crippen molar-refractivity contribution >= 4 is 45.9 Å². The Labute approximate surface area is 197 Å². The Balaban J connectivity index is 1.33. The summed E-state index contributed by atoms with van der Waals surface area (Å²) in [6, 6.07) is 14.4. The second-order valence-corrected chi connectivity index (χ2v) is 8.68. The van der Waals surface area contributed by atoms with E-state index in [0.717, 1.165) is 30.5 Å². The van der Waals surface area contributed by atoms with E-state index in [2.05, 4.69) is 39.5 Å². The molecule has 3 aromatic rings. The molecule has 0 spiro atoms. The van der Waals surface area contributed by atoms with Gasteiger partial charge in [-0.15, -0.1) is 0 Å². The van der Waals surface area contributed by atoms with Crippen molar-refractivity contribution in [2.45, 2.75) is 19.5 Å². The number of benzene rings is 2. The first-order chi connectivity index (χ1) is 15.4. The van der Waals surface area contributed by atoms with Crippen LogP contribution in [0.3, 0.4) is 0 Å². The van der Waals surface area contributed by atoms with E-state index in [9.17, 15) is 9.59 Å². The molecule has 0 radical (unpaired) electrons. The molecule has 0 bridgehead atoms. The fourth-order valence-corrected chi connectivity index (χ4v) is 4.34. The normalized spacial score (nSPS) is 15.5. The zero-order chi connectivity index (χ0) is 22.7. The first-order valence-electron chi connectivity index (χ1n) is 10.5. The van der Waals surface area contributed by atoms with Gasteiger partial charge in [-0.25, -0.2) is 0 Å². The van der Waals surface area contributed by atoms with Gasteiger partial charge in [0.2, 0.25) is 5.91 Å². The zero-order valence-corrected chi connectivity index (χ0v) is 19.2. The lowest BCUT2D eigenvalue weighted by molar-refractivity contribution is -0.134. The van der Waals surface area contributed by atoms with E-state index in [4.69, 9.17) is 23.2 Å². The van der Waals surface area contributed by atoms with E-state index in [1.807, 2.05) is 12.3 Å². The molecule has 1 aromatic heterocycles. The first kappa shape index (κ1) is 22.5. The molecule has 8 heteroatoms. The van der Waals surface area contributed by atoms with E-state index in [-0.39, 0.29) is 16.5 Å². The molecule has 1 unspecified atom stereocenters. The Hall–Kier alpha value is -2.67. The van der Waals surface area contributed by atoms with Crippen molar-refractivity contribution in [3.63, 3.8) is 0 Å². The molecule has 2 heterocycles. The SMILES string of the molecule is CC(NC(=O)c1cccc(Cl)c1Cl)C(=O)N1CCN(Cc2cccc3cccnc23)CC1. The predicted octanol–water partition coefficient (Wildman–Crippen LogP) is 4.00. The third kappa shape index (κ3) is 4.88. The molecule has 1 fully saturated rings. The fraction of sp³-hybridized carbons (Fsp3) is 0.292. The third-order valence-electron chi connectivity index (χ3n) is 5.71. The van der Waals surface area contributed by atoms with Gasteiger partial charge in [-0.05, 0) is 30.7 Å². The molecule has 1 aliphatic heterocycles. The van der Waals surface area contributed by atoms with E-state index >= 15 is 0 Å². The number of rotatable bonds is 5. The summed E-state index contributed by atoms with van der Waals surface area (Å²) in [7, 11) is 0. The van der Waals surface area contributed by atoms with Gasteiger partial charge in [0.25, 0.3) is 5.91 Å². The van der Waals surface area contributed by atoms with Crippen LogP contribution < -0.4 is 5.32 Å². The number of hydrogen-bond donors (Lipinski definition) is 1. The highest BCUT2D eigenvalue weighted by Gasteiger charge is 2.27. The fourth-order valence-electron chi connectivity index (χ4n) is 3.95. The molecule has 32 heavy (non-hydrogen) atoms. The monoisotopic (exact) mass is 470 g/mol. The number of piperazine rings is 1. The zero-order valence-electron chi connectivity index (χ0n) is 17.7. The topological polar surface area (TPSA) is 65.5 Å². The Morgan fingerprint density at radius 3 is 2.53 bits per heavy atom. The van der Waals surface area contributed by atoms with Crippen LogP contribution in [0, 0.1) is 0 Å². The van der Waals surface area contributed by atoms with Gasteiger partial charge < -0.3 is 10.2 Å². The average molecular weight is 471 g/mol. The van der Waals surface area contributed by atoms with Crippen molar-refractivity contribution < 1.29 is 9.59 Å². The minimum atomic E-state index is -0.661. The van der Waals surface area contributed by atoms with Crippen LogP contribution >= 0.6 is 23.2 Å². The highest BCUT2D eigenvalue weighted by atomic mass is 35.5. The van der Waals surface area contributed by atoms with Crippen LogP contribution in [-0.2, 0) is 11.3 Å². The van der Waals surface area contributed by atoms with E-state index < -0.39 is 11.9 Å². The molecule has 1 N–H and O–H groups in total. The van der Waals surface area contributed by atoms with Crippen molar-refractivity contribution in [2.75, 3.05) is 26.2 Å². The van der Waals surface area contributed by atoms with Gasteiger partial charge >= 0.3 is 0 Å². The number of carbonyl (C=O) groups is 2. The minimum Gasteiger partial charge on any atom is -0.340 e. The van der Waals surface area contributed by atoms with Crippen molar-refractivity contribution in [2.24, 2.45) is 0 Å². The van der Waals surface area contributed by atoms with Gasteiger partial charge in [0.1, 0.15) is 6.04 Å². The number of nitrogens with one attached hydrogen (secondary N) is 1. The smallest absolute Gasteiger partial charge is 0.253 e. The summed E-state index contributed by atoms with van der Waals surface area (Å²) in [5.74, 6) is -0.525. The number of hydrogen-bond acceptors (Lipinski definition) is 4. The molecule has 1 atom stereocenters. The highest BCUT2D eigenvalue weighted by molar-refractivity contribution is 6.43. The number of pyridine rings is 1. The molecular formula is C24H24Cl2N4O2. The lowest BCUT2D eigenvalue weighted by atomic mass is 10.1. The summed E-state index contributed by atoms with van der Waals surface area (Å²) in [6.07, 6.45) is 1.81. The average Bonchev–Trinajstić information content (AvgIpc) is 2.81. The second kappa shape index (κ2) is 9.86. The Kier molecular flexibility index (Phi) is 6.94. The standard InChI is InChI=1S/C24H24Cl2N4O2/c1-16(28-23(31)19-8-3-9-20(25)21(19)26)24(32)30-13-11-29(12-14-30)15-18-6-2-5-17-7-4-10-27-22(17)18/h2-10,16H,11-15H2,1H3,(H,28,31). The number of amides is 2. The molecule has 0 saturated carbocycles. The third-order valence-corrected chi connectivity index (χ3v) is 6.53. The summed E-state index contributed by atoms with van der Waals surface area (Å²) in [6.45, 7) is 5.21. The van der Waals surface area contributed by atoms with Crippen LogP contribution in [0.4, 0.5) is 0 Å². The summed E-state index contributed by atoms with van der Waals surface area (Å²) >= 11 is 12.1. The van der Waals surface area contributed by atoms with Gasteiger partial charge in [-0.2, -0.15) is 0 Å². The van der Waals surface area contributed by atoms with Crippen molar-refractivity contribution in [3.05, 3.63) is 75.9 Å². The molecular weight excluding hydrogens is 447 g/mol. The number of halogens is 2. The summed E-state index contributed by atoms with van der Waals surface area (Å²) < 4.78 is 0. The number of aromatic nitrogens is 1. The summed E-state index contributed by atoms with van der Waals surface area (Å²) in [4.78, 5) is 34.1. The van der Waals surface area contributed by atoms with Crippen LogP contribution in [0.5, 0.6) is 0 Å². The molecule has 4 rings (SSSR count). The Bertz CT molecular complexity index is 1140. The number of nitrogens with zero attached hydrogens (tertiary/aromatic N) is 3. The molecule has 2 aromatic carbocycles. The first-order valence-corrected chi connectivity index (χ1v) is 11.3. The maximum Gasteiger partial charge on any atom is 0.253 e. The van der Waals surface area contributed by atoms with Gasteiger partial charge in [-0.1, -0.05) is 53.5 Å². The molecule has 166 valence electrons. The predicted molar refractivity (Wildman–Crippen MR) is 127 cm³/mol. The van der Waals surface area contributed by atoms with Crippen molar-refractivity contribution in [3.8, 4) is 0 Å².